The zero-order chi connectivity index (χ0) is 15.4. The van der Waals surface area contributed by atoms with Gasteiger partial charge >= 0.3 is 5.97 Å². The number of carboxylic acid groups (broad SMARTS) is 1. The van der Waals surface area contributed by atoms with Gasteiger partial charge in [-0.05, 0) is 6.42 Å². The van der Waals surface area contributed by atoms with Crippen molar-refractivity contribution in [3.63, 3.8) is 0 Å². The van der Waals surface area contributed by atoms with Crippen LogP contribution in [0.5, 0.6) is 0 Å². The van der Waals surface area contributed by atoms with E-state index in [2.05, 4.69) is 5.32 Å². The number of nitro groups is 1. The van der Waals surface area contributed by atoms with E-state index >= 15 is 0 Å². The van der Waals surface area contributed by atoms with Crippen LogP contribution in [0.3, 0.4) is 0 Å². The predicted octanol–water partition coefficient (Wildman–Crippen LogP) is 0.0223. The van der Waals surface area contributed by atoms with Crippen LogP contribution in [0.4, 0.5) is 5.69 Å². The van der Waals surface area contributed by atoms with Gasteiger partial charge in [-0.2, -0.15) is 0 Å². The van der Waals surface area contributed by atoms with Crippen LogP contribution in [-0.2, 0) is 16.0 Å². The molecular weight excluding hydrogens is 278 g/mol. The van der Waals surface area contributed by atoms with Crippen LogP contribution in [0, 0.1) is 10.1 Å². The van der Waals surface area contributed by atoms with E-state index in [0.29, 0.717) is 12.0 Å². The third kappa shape index (κ3) is 3.54. The molecule has 8 heteroatoms. The van der Waals surface area contributed by atoms with Gasteiger partial charge in [0.15, 0.2) is 0 Å². The number of aliphatic carboxylic acids is 1. The number of carbonyl (C=O) groups is 2. The molecule has 0 spiro atoms. The summed E-state index contributed by atoms with van der Waals surface area (Å²) in [5.74, 6) is -1.26. The molecular formula is C13H15N3O5. The molecule has 21 heavy (non-hydrogen) atoms. The van der Waals surface area contributed by atoms with Crippen LogP contribution in [0.2, 0.25) is 0 Å². The first-order valence-electron chi connectivity index (χ1n) is 6.45. The molecule has 1 atom stereocenters. The van der Waals surface area contributed by atoms with E-state index in [-0.39, 0.29) is 31.2 Å². The summed E-state index contributed by atoms with van der Waals surface area (Å²) in [6.07, 6.45) is 0.314. The molecule has 1 amide bonds. The molecule has 8 nitrogen and oxygen atoms in total. The summed E-state index contributed by atoms with van der Waals surface area (Å²) in [7, 11) is 0. The fourth-order valence-electron chi connectivity index (χ4n) is 2.33. The van der Waals surface area contributed by atoms with Crippen LogP contribution in [-0.4, -0.2) is 52.5 Å². The van der Waals surface area contributed by atoms with E-state index in [4.69, 9.17) is 5.11 Å². The molecule has 0 aromatic heterocycles. The minimum absolute atomic E-state index is 0.00540. The van der Waals surface area contributed by atoms with Crippen molar-refractivity contribution in [1.29, 1.82) is 0 Å². The zero-order valence-electron chi connectivity index (χ0n) is 11.2. The van der Waals surface area contributed by atoms with Crippen molar-refractivity contribution in [3.8, 4) is 0 Å². The quantitative estimate of drug-likeness (QED) is 0.584. The predicted molar refractivity (Wildman–Crippen MR) is 72.8 cm³/mol. The molecule has 1 fully saturated rings. The molecule has 112 valence electrons. The number of para-hydroxylation sites is 1. The first-order valence-corrected chi connectivity index (χ1v) is 6.45. The van der Waals surface area contributed by atoms with Crippen molar-refractivity contribution >= 4 is 17.6 Å². The van der Waals surface area contributed by atoms with E-state index in [1.54, 1.807) is 18.2 Å². The normalized spacial score (nSPS) is 19.0. The summed E-state index contributed by atoms with van der Waals surface area (Å²) < 4.78 is 0. The first-order chi connectivity index (χ1) is 9.99. The summed E-state index contributed by atoms with van der Waals surface area (Å²) >= 11 is 0. The van der Waals surface area contributed by atoms with Crippen molar-refractivity contribution in [2.24, 2.45) is 0 Å². The van der Waals surface area contributed by atoms with Gasteiger partial charge in [-0.25, -0.2) is 0 Å². The SMILES string of the molecule is O=C1CN(CCc2ccccc2[N+](=O)[O-])C(C(=O)O)CN1. The number of rotatable bonds is 5. The third-order valence-electron chi connectivity index (χ3n) is 3.42. The summed E-state index contributed by atoms with van der Waals surface area (Å²) in [5, 5.41) is 22.6. The van der Waals surface area contributed by atoms with Crippen molar-refractivity contribution in [2.45, 2.75) is 12.5 Å². The maximum absolute atomic E-state index is 11.4. The monoisotopic (exact) mass is 293 g/mol. The largest absolute Gasteiger partial charge is 0.480 e. The summed E-state index contributed by atoms with van der Waals surface area (Å²) in [4.78, 5) is 34.5. The Bertz CT molecular complexity index is 575. The summed E-state index contributed by atoms with van der Waals surface area (Å²) in [6, 6.07) is 5.52. The molecule has 1 aromatic carbocycles. The van der Waals surface area contributed by atoms with Gasteiger partial charge in [-0.3, -0.25) is 24.6 Å². The minimum atomic E-state index is -1.02. The summed E-state index contributed by atoms with van der Waals surface area (Å²) in [5.41, 5.74) is 0.531. The average molecular weight is 293 g/mol. The van der Waals surface area contributed by atoms with Crippen LogP contribution in [0.1, 0.15) is 5.56 Å². The third-order valence-corrected chi connectivity index (χ3v) is 3.42. The van der Waals surface area contributed by atoms with Gasteiger partial charge in [0.25, 0.3) is 5.69 Å². The van der Waals surface area contributed by atoms with Crippen LogP contribution in [0.15, 0.2) is 24.3 Å². The van der Waals surface area contributed by atoms with Gasteiger partial charge in [-0.15, -0.1) is 0 Å². The molecule has 1 aromatic rings. The van der Waals surface area contributed by atoms with Gasteiger partial charge in [0.2, 0.25) is 5.91 Å². The molecule has 2 N–H and O–H groups in total. The fourth-order valence-corrected chi connectivity index (χ4v) is 2.33. The summed E-state index contributed by atoms with van der Waals surface area (Å²) in [6.45, 7) is 0.303. The second-order valence-electron chi connectivity index (χ2n) is 4.76. The fraction of sp³-hybridized carbons (Fsp3) is 0.385. The molecule has 0 aliphatic carbocycles. The molecule has 0 saturated carbocycles. The lowest BCUT2D eigenvalue weighted by molar-refractivity contribution is -0.385. The Morgan fingerprint density at radius 2 is 2.19 bits per heavy atom. The van der Waals surface area contributed by atoms with Gasteiger partial charge < -0.3 is 10.4 Å². The van der Waals surface area contributed by atoms with Crippen molar-refractivity contribution in [1.82, 2.24) is 10.2 Å². The van der Waals surface area contributed by atoms with Crippen molar-refractivity contribution < 1.29 is 19.6 Å². The lowest BCUT2D eigenvalue weighted by Gasteiger charge is -2.32. The second kappa shape index (κ2) is 6.31. The molecule has 1 heterocycles. The Morgan fingerprint density at radius 1 is 1.48 bits per heavy atom. The Labute approximate surface area is 120 Å². The molecule has 1 aliphatic heterocycles. The lowest BCUT2D eigenvalue weighted by Crippen LogP contribution is -2.57. The lowest BCUT2D eigenvalue weighted by atomic mass is 10.1. The highest BCUT2D eigenvalue weighted by Crippen LogP contribution is 2.19. The number of benzene rings is 1. The molecule has 0 radical (unpaired) electrons. The molecule has 1 unspecified atom stereocenters. The number of hydrogen-bond donors (Lipinski definition) is 2. The van der Waals surface area contributed by atoms with Crippen molar-refractivity contribution in [2.75, 3.05) is 19.6 Å². The number of carboxylic acids is 1. The Morgan fingerprint density at radius 3 is 2.86 bits per heavy atom. The number of nitro benzene ring substituents is 1. The number of amides is 1. The van der Waals surface area contributed by atoms with E-state index < -0.39 is 16.9 Å². The maximum Gasteiger partial charge on any atom is 0.322 e. The van der Waals surface area contributed by atoms with Crippen LogP contribution >= 0.6 is 0 Å². The zero-order valence-corrected chi connectivity index (χ0v) is 11.2. The number of hydrogen-bond acceptors (Lipinski definition) is 5. The number of nitrogens with one attached hydrogen (secondary N) is 1. The average Bonchev–Trinajstić information content (AvgIpc) is 2.45. The Hall–Kier alpha value is -2.48. The van der Waals surface area contributed by atoms with Gasteiger partial charge in [0.1, 0.15) is 6.04 Å². The van der Waals surface area contributed by atoms with E-state index in [0.717, 1.165) is 0 Å². The van der Waals surface area contributed by atoms with Gasteiger partial charge in [0, 0.05) is 24.7 Å². The number of nitrogens with zero attached hydrogens (tertiary/aromatic N) is 2. The minimum Gasteiger partial charge on any atom is -0.480 e. The Kier molecular flexibility index (Phi) is 4.49. The second-order valence-corrected chi connectivity index (χ2v) is 4.76. The van der Waals surface area contributed by atoms with Crippen LogP contribution in [0.25, 0.3) is 0 Å². The number of carbonyl (C=O) groups excluding carboxylic acids is 1. The first kappa shape index (κ1) is 14.9. The molecule has 1 saturated heterocycles. The van der Waals surface area contributed by atoms with Crippen molar-refractivity contribution in [3.05, 3.63) is 39.9 Å². The van der Waals surface area contributed by atoms with E-state index in [9.17, 15) is 19.7 Å². The topological polar surface area (TPSA) is 113 Å². The highest BCUT2D eigenvalue weighted by atomic mass is 16.6. The van der Waals surface area contributed by atoms with Crippen LogP contribution < -0.4 is 5.32 Å². The Balaban J connectivity index is 2.08. The van der Waals surface area contributed by atoms with E-state index in [1.165, 1.54) is 11.0 Å². The maximum atomic E-state index is 11.4. The molecule has 0 bridgehead atoms. The molecule has 1 aliphatic rings. The standard InChI is InChI=1S/C13H15N3O5/c17-12-8-15(11(7-14-12)13(18)19)6-5-9-3-1-2-4-10(9)16(20)21/h1-4,11H,5-8H2,(H,14,17)(H,18,19). The highest BCUT2D eigenvalue weighted by molar-refractivity contribution is 5.83. The van der Waals surface area contributed by atoms with Gasteiger partial charge in [-0.1, -0.05) is 18.2 Å². The molecule has 2 rings (SSSR count). The van der Waals surface area contributed by atoms with Gasteiger partial charge in [0.05, 0.1) is 11.5 Å². The number of piperazine rings is 1. The highest BCUT2D eigenvalue weighted by Gasteiger charge is 2.31. The van der Waals surface area contributed by atoms with E-state index in [1.807, 2.05) is 0 Å². The smallest absolute Gasteiger partial charge is 0.322 e.